The molecule has 0 saturated heterocycles. The fourth-order valence-electron chi connectivity index (χ4n) is 3.67. The second kappa shape index (κ2) is 4.82. The molecule has 0 radical (unpaired) electrons. The number of hydrogen-bond acceptors (Lipinski definition) is 2. The fraction of sp³-hybridized carbons (Fsp3) is 0.647. The lowest BCUT2D eigenvalue weighted by Gasteiger charge is -2.19. The second-order valence-electron chi connectivity index (χ2n) is 6.61. The predicted molar refractivity (Wildman–Crippen MR) is 79.5 cm³/mol. The molecule has 2 nitrogen and oxygen atoms in total. The summed E-state index contributed by atoms with van der Waals surface area (Å²) in [6, 6.07) is 9.65. The molecular formula is C17H24N2. The van der Waals surface area contributed by atoms with Crippen molar-refractivity contribution in [2.75, 3.05) is 18.4 Å². The zero-order valence-electron chi connectivity index (χ0n) is 11.6. The van der Waals surface area contributed by atoms with Crippen molar-refractivity contribution in [3.05, 3.63) is 29.8 Å². The second-order valence-corrected chi connectivity index (χ2v) is 6.61. The van der Waals surface area contributed by atoms with E-state index in [1.165, 1.54) is 49.9 Å². The summed E-state index contributed by atoms with van der Waals surface area (Å²) in [4.78, 5) is 0. The van der Waals surface area contributed by atoms with Crippen LogP contribution in [0, 0.1) is 11.8 Å². The first-order chi connectivity index (χ1) is 9.42. The van der Waals surface area contributed by atoms with Gasteiger partial charge in [0.2, 0.25) is 0 Å². The number of anilines is 1. The minimum atomic E-state index is 0.711. The van der Waals surface area contributed by atoms with Gasteiger partial charge in [-0.25, -0.2) is 0 Å². The van der Waals surface area contributed by atoms with Gasteiger partial charge in [0.15, 0.2) is 0 Å². The minimum Gasteiger partial charge on any atom is -0.384 e. The lowest BCUT2D eigenvalue weighted by atomic mass is 9.97. The van der Waals surface area contributed by atoms with Gasteiger partial charge < -0.3 is 10.6 Å². The Labute approximate surface area is 116 Å². The zero-order valence-corrected chi connectivity index (χ0v) is 11.6. The SMILES string of the molecule is c1ccc2c(c1)NCC2CCNC(C1CC1)C1CC1. The predicted octanol–water partition coefficient (Wildman–Crippen LogP) is 3.36. The van der Waals surface area contributed by atoms with Crippen molar-refractivity contribution in [3.63, 3.8) is 0 Å². The highest BCUT2D eigenvalue weighted by Gasteiger charge is 2.41. The number of rotatable bonds is 6. The van der Waals surface area contributed by atoms with Crippen molar-refractivity contribution in [1.82, 2.24) is 5.32 Å². The Morgan fingerprint density at radius 2 is 1.84 bits per heavy atom. The van der Waals surface area contributed by atoms with Crippen LogP contribution in [-0.2, 0) is 0 Å². The first-order valence-electron chi connectivity index (χ1n) is 7.98. The van der Waals surface area contributed by atoms with Gasteiger partial charge in [0.1, 0.15) is 0 Å². The molecule has 2 fully saturated rings. The molecule has 1 atom stereocenters. The lowest BCUT2D eigenvalue weighted by molar-refractivity contribution is 0.407. The molecule has 19 heavy (non-hydrogen) atoms. The van der Waals surface area contributed by atoms with E-state index < -0.39 is 0 Å². The molecule has 2 saturated carbocycles. The standard InChI is InChI=1S/C17H24N2/c1-2-4-16-15(3-1)14(11-19-16)9-10-18-17(12-5-6-12)13-7-8-13/h1-4,12-14,17-19H,5-11H2. The summed E-state index contributed by atoms with van der Waals surface area (Å²) in [7, 11) is 0. The van der Waals surface area contributed by atoms with Crippen LogP contribution >= 0.6 is 0 Å². The van der Waals surface area contributed by atoms with Crippen LogP contribution in [0.3, 0.4) is 0 Å². The Morgan fingerprint density at radius 1 is 1.11 bits per heavy atom. The molecule has 0 aromatic heterocycles. The zero-order chi connectivity index (χ0) is 12.7. The van der Waals surface area contributed by atoms with E-state index in [1.54, 1.807) is 0 Å². The molecule has 0 bridgehead atoms. The molecule has 2 aliphatic carbocycles. The van der Waals surface area contributed by atoms with Gasteiger partial charge >= 0.3 is 0 Å². The van der Waals surface area contributed by atoms with E-state index in [9.17, 15) is 0 Å². The smallest absolute Gasteiger partial charge is 0.0376 e. The Kier molecular flexibility index (Phi) is 2.99. The molecule has 1 unspecified atom stereocenters. The third-order valence-electron chi connectivity index (χ3n) is 5.07. The van der Waals surface area contributed by atoms with Gasteiger partial charge in [0.05, 0.1) is 0 Å². The van der Waals surface area contributed by atoms with Crippen LogP contribution in [-0.4, -0.2) is 19.1 Å². The van der Waals surface area contributed by atoms with Crippen LogP contribution in [0.5, 0.6) is 0 Å². The summed E-state index contributed by atoms with van der Waals surface area (Å²) in [5.74, 6) is 2.74. The first-order valence-corrected chi connectivity index (χ1v) is 7.98. The molecule has 102 valence electrons. The maximum Gasteiger partial charge on any atom is 0.0376 e. The Morgan fingerprint density at radius 3 is 2.58 bits per heavy atom. The van der Waals surface area contributed by atoms with E-state index in [0.717, 1.165) is 24.4 Å². The van der Waals surface area contributed by atoms with Crippen LogP contribution in [0.25, 0.3) is 0 Å². The van der Waals surface area contributed by atoms with Crippen molar-refractivity contribution in [2.45, 2.75) is 44.1 Å². The Balaban J connectivity index is 1.31. The quantitative estimate of drug-likeness (QED) is 0.815. The Hall–Kier alpha value is -1.02. The van der Waals surface area contributed by atoms with Gasteiger partial charge in [0, 0.05) is 24.2 Å². The van der Waals surface area contributed by atoms with Gasteiger partial charge in [-0.2, -0.15) is 0 Å². The topological polar surface area (TPSA) is 24.1 Å². The summed E-state index contributed by atoms with van der Waals surface area (Å²) in [5.41, 5.74) is 2.88. The highest BCUT2D eigenvalue weighted by Crippen LogP contribution is 2.44. The molecule has 3 aliphatic rings. The number of hydrogen-bond donors (Lipinski definition) is 2. The maximum atomic E-state index is 3.87. The molecule has 0 amide bonds. The third kappa shape index (κ3) is 2.51. The summed E-state index contributed by atoms with van der Waals surface area (Å²) in [5, 5.41) is 7.40. The average molecular weight is 256 g/mol. The van der Waals surface area contributed by atoms with Gasteiger partial charge in [-0.05, 0) is 62.1 Å². The van der Waals surface area contributed by atoms with Crippen LogP contribution in [0.4, 0.5) is 5.69 Å². The molecule has 1 aliphatic heterocycles. The average Bonchev–Trinajstić information content (AvgIpc) is 3.34. The van der Waals surface area contributed by atoms with Crippen LogP contribution in [0.1, 0.15) is 43.6 Å². The van der Waals surface area contributed by atoms with E-state index >= 15 is 0 Å². The van der Waals surface area contributed by atoms with Crippen LogP contribution in [0.2, 0.25) is 0 Å². The van der Waals surface area contributed by atoms with Crippen molar-refractivity contribution in [2.24, 2.45) is 11.8 Å². The van der Waals surface area contributed by atoms with E-state index in [1.807, 2.05) is 0 Å². The van der Waals surface area contributed by atoms with Crippen molar-refractivity contribution >= 4 is 5.69 Å². The highest BCUT2D eigenvalue weighted by molar-refractivity contribution is 5.57. The van der Waals surface area contributed by atoms with E-state index in [0.29, 0.717) is 5.92 Å². The summed E-state index contributed by atoms with van der Waals surface area (Å²) >= 11 is 0. The van der Waals surface area contributed by atoms with Crippen molar-refractivity contribution in [3.8, 4) is 0 Å². The molecule has 1 heterocycles. The fourth-order valence-corrected chi connectivity index (χ4v) is 3.67. The van der Waals surface area contributed by atoms with Gasteiger partial charge in [0.25, 0.3) is 0 Å². The number of fused-ring (bicyclic) bond motifs is 1. The molecule has 1 aromatic rings. The van der Waals surface area contributed by atoms with E-state index in [2.05, 4.69) is 34.9 Å². The molecule has 2 heteroatoms. The van der Waals surface area contributed by atoms with Gasteiger partial charge in [-0.15, -0.1) is 0 Å². The van der Waals surface area contributed by atoms with Crippen LogP contribution < -0.4 is 10.6 Å². The molecule has 0 spiro atoms. The monoisotopic (exact) mass is 256 g/mol. The summed E-state index contributed by atoms with van der Waals surface area (Å²) < 4.78 is 0. The summed E-state index contributed by atoms with van der Waals surface area (Å²) in [6.07, 6.45) is 7.17. The van der Waals surface area contributed by atoms with E-state index in [4.69, 9.17) is 0 Å². The van der Waals surface area contributed by atoms with Crippen molar-refractivity contribution < 1.29 is 0 Å². The first kappa shape index (κ1) is 11.8. The van der Waals surface area contributed by atoms with Gasteiger partial charge in [-0.3, -0.25) is 0 Å². The maximum absolute atomic E-state index is 3.87. The van der Waals surface area contributed by atoms with E-state index in [-0.39, 0.29) is 0 Å². The van der Waals surface area contributed by atoms with Gasteiger partial charge in [-0.1, -0.05) is 18.2 Å². The molecule has 2 N–H and O–H groups in total. The van der Waals surface area contributed by atoms with Crippen LogP contribution in [0.15, 0.2) is 24.3 Å². The van der Waals surface area contributed by atoms with Crippen molar-refractivity contribution in [1.29, 1.82) is 0 Å². The number of benzene rings is 1. The molecular weight excluding hydrogens is 232 g/mol. The minimum absolute atomic E-state index is 0.711. The largest absolute Gasteiger partial charge is 0.384 e. The number of para-hydroxylation sites is 1. The normalized spacial score (nSPS) is 25.4. The highest BCUT2D eigenvalue weighted by atomic mass is 15.0. The lowest BCUT2D eigenvalue weighted by Crippen LogP contribution is -2.34. The summed E-state index contributed by atoms with van der Waals surface area (Å²) in [6.45, 7) is 2.32. The molecule has 4 rings (SSSR count). The third-order valence-corrected chi connectivity index (χ3v) is 5.07. The molecule has 1 aromatic carbocycles. The number of nitrogens with one attached hydrogen (secondary N) is 2. The Bertz CT molecular complexity index is 436.